The fourth-order valence-electron chi connectivity index (χ4n) is 4.68. The highest BCUT2D eigenvalue weighted by atomic mass is 15.3. The first-order valence-corrected chi connectivity index (χ1v) is 13.9. The Kier molecular flexibility index (Phi) is 15.1. The summed E-state index contributed by atoms with van der Waals surface area (Å²) in [7, 11) is 0. The third-order valence-corrected chi connectivity index (χ3v) is 6.78. The van der Waals surface area contributed by atoms with Crippen LogP contribution in [-0.4, -0.2) is 39.9 Å². The first-order valence-electron chi connectivity index (χ1n) is 13.9. The van der Waals surface area contributed by atoms with Crippen LogP contribution in [-0.2, 0) is 6.42 Å². The molecule has 0 unspecified atom stereocenters. The van der Waals surface area contributed by atoms with Crippen LogP contribution in [0.15, 0.2) is 18.2 Å². The summed E-state index contributed by atoms with van der Waals surface area (Å²) in [5.74, 6) is 0. The molecule has 1 aromatic heterocycles. The molecule has 0 spiro atoms. The molecule has 0 radical (unpaired) electrons. The van der Waals surface area contributed by atoms with Crippen molar-refractivity contribution in [1.82, 2.24) is 20.3 Å². The molecule has 0 bridgehead atoms. The minimum Gasteiger partial charge on any atom is -0.303 e. The maximum atomic E-state index is 4.38. The second-order valence-electron chi connectivity index (χ2n) is 9.65. The van der Waals surface area contributed by atoms with Crippen molar-refractivity contribution in [2.24, 2.45) is 0 Å². The van der Waals surface area contributed by atoms with E-state index in [1.807, 2.05) is 6.07 Å². The topological polar surface area (TPSA) is 44.8 Å². The van der Waals surface area contributed by atoms with Gasteiger partial charge in [0.1, 0.15) is 11.0 Å². The monoisotopic (exact) mass is 442 g/mol. The van der Waals surface area contributed by atoms with E-state index in [0.29, 0.717) is 0 Å². The lowest BCUT2D eigenvalue weighted by Crippen LogP contribution is -2.28. The zero-order valence-electron chi connectivity index (χ0n) is 21.2. The van der Waals surface area contributed by atoms with E-state index in [1.54, 1.807) is 0 Å². The third kappa shape index (κ3) is 11.4. The highest BCUT2D eigenvalue weighted by molar-refractivity contribution is 5.77. The van der Waals surface area contributed by atoms with Gasteiger partial charge in [-0.1, -0.05) is 116 Å². The van der Waals surface area contributed by atoms with Crippen LogP contribution in [0.5, 0.6) is 0 Å². The number of unbranched alkanes of at least 4 members (excludes halogenated alkanes) is 14. The largest absolute Gasteiger partial charge is 0.303 e. The molecule has 182 valence electrons. The van der Waals surface area contributed by atoms with Crippen LogP contribution in [0.25, 0.3) is 11.0 Å². The summed E-state index contributed by atoms with van der Waals surface area (Å²) in [5.41, 5.74) is 3.36. The minimum atomic E-state index is 0.986. The molecular formula is C28H50N4. The van der Waals surface area contributed by atoms with Gasteiger partial charge < -0.3 is 4.90 Å². The number of hydrogen-bond donors (Lipinski definition) is 1. The van der Waals surface area contributed by atoms with Gasteiger partial charge in [-0.2, -0.15) is 15.4 Å². The first-order chi connectivity index (χ1) is 15.8. The standard InChI is InChI=1S/C28H50N4/c1-3-5-7-9-11-13-15-17-23-32(24-18-16-14-12-10-8-6-4-2)25-22-26-20-19-21-27-28(26)30-31-29-27/h19-21H,3-18,22-25H2,1-2H3,(H,29,30,31). The molecule has 32 heavy (non-hydrogen) atoms. The van der Waals surface area contributed by atoms with Gasteiger partial charge in [0, 0.05) is 6.54 Å². The van der Waals surface area contributed by atoms with Crippen LogP contribution >= 0.6 is 0 Å². The van der Waals surface area contributed by atoms with Gasteiger partial charge in [-0.25, -0.2) is 0 Å². The molecule has 1 heterocycles. The summed E-state index contributed by atoms with van der Waals surface area (Å²) in [6, 6.07) is 6.37. The van der Waals surface area contributed by atoms with E-state index >= 15 is 0 Å². The van der Waals surface area contributed by atoms with Gasteiger partial charge in [0.15, 0.2) is 0 Å². The van der Waals surface area contributed by atoms with E-state index in [0.717, 1.165) is 24.0 Å². The van der Waals surface area contributed by atoms with Crippen LogP contribution in [0, 0.1) is 0 Å². The lowest BCUT2D eigenvalue weighted by Gasteiger charge is -2.22. The number of para-hydroxylation sites is 1. The van der Waals surface area contributed by atoms with Crippen molar-refractivity contribution in [2.45, 2.75) is 123 Å². The smallest absolute Gasteiger partial charge is 0.116 e. The van der Waals surface area contributed by atoms with Crippen molar-refractivity contribution >= 4 is 11.0 Å². The molecule has 1 aromatic carbocycles. The maximum Gasteiger partial charge on any atom is 0.116 e. The fraction of sp³-hybridized carbons (Fsp3) is 0.786. The lowest BCUT2D eigenvalue weighted by atomic mass is 10.1. The second-order valence-corrected chi connectivity index (χ2v) is 9.65. The Morgan fingerprint density at radius 1 is 0.625 bits per heavy atom. The van der Waals surface area contributed by atoms with E-state index in [4.69, 9.17) is 0 Å². The Balaban J connectivity index is 1.69. The van der Waals surface area contributed by atoms with Crippen LogP contribution < -0.4 is 0 Å². The van der Waals surface area contributed by atoms with Crippen LogP contribution in [0.2, 0.25) is 0 Å². The number of benzene rings is 1. The Bertz CT molecular complexity index is 661. The van der Waals surface area contributed by atoms with Crippen LogP contribution in [0.3, 0.4) is 0 Å². The molecule has 2 aromatic rings. The molecule has 2 rings (SSSR count). The summed E-state index contributed by atoms with van der Waals surface area (Å²) < 4.78 is 0. The minimum absolute atomic E-state index is 0.986. The highest BCUT2D eigenvalue weighted by Gasteiger charge is 2.09. The number of fused-ring (bicyclic) bond motifs is 1. The number of nitrogens with zero attached hydrogens (tertiary/aromatic N) is 3. The summed E-state index contributed by atoms with van der Waals surface area (Å²) in [4.78, 5) is 2.72. The summed E-state index contributed by atoms with van der Waals surface area (Å²) >= 11 is 0. The Morgan fingerprint density at radius 2 is 1.16 bits per heavy atom. The molecule has 0 fully saturated rings. The number of hydrogen-bond acceptors (Lipinski definition) is 3. The molecule has 0 aliphatic heterocycles. The molecule has 0 atom stereocenters. The first kappa shape index (κ1) is 26.8. The van der Waals surface area contributed by atoms with Gasteiger partial charge in [0.05, 0.1) is 0 Å². The van der Waals surface area contributed by atoms with Gasteiger partial charge in [0.2, 0.25) is 0 Å². The molecule has 1 N–H and O–H groups in total. The van der Waals surface area contributed by atoms with Crippen molar-refractivity contribution in [3.8, 4) is 0 Å². The number of nitrogens with one attached hydrogen (secondary N) is 1. The number of aromatic nitrogens is 3. The molecule has 0 aliphatic rings. The predicted molar refractivity (Wildman–Crippen MR) is 139 cm³/mol. The summed E-state index contributed by atoms with van der Waals surface area (Å²) in [6.07, 6.45) is 23.4. The van der Waals surface area contributed by atoms with Crippen molar-refractivity contribution in [3.63, 3.8) is 0 Å². The number of H-pyrrole nitrogens is 1. The summed E-state index contributed by atoms with van der Waals surface area (Å²) in [5, 5.41) is 11.4. The lowest BCUT2D eigenvalue weighted by molar-refractivity contribution is 0.263. The van der Waals surface area contributed by atoms with Gasteiger partial charge in [-0.3, -0.25) is 0 Å². The van der Waals surface area contributed by atoms with Gasteiger partial charge in [-0.15, -0.1) is 0 Å². The zero-order chi connectivity index (χ0) is 22.7. The average molecular weight is 443 g/mol. The molecule has 0 aliphatic carbocycles. The van der Waals surface area contributed by atoms with E-state index in [9.17, 15) is 0 Å². The highest BCUT2D eigenvalue weighted by Crippen LogP contribution is 2.16. The normalized spacial score (nSPS) is 11.7. The van der Waals surface area contributed by atoms with E-state index < -0.39 is 0 Å². The second kappa shape index (κ2) is 18.1. The number of aromatic amines is 1. The van der Waals surface area contributed by atoms with Gasteiger partial charge in [-0.05, 0) is 44.0 Å². The molecular weight excluding hydrogens is 392 g/mol. The quantitative estimate of drug-likeness (QED) is 0.199. The predicted octanol–water partition coefficient (Wildman–Crippen LogP) is 8.08. The van der Waals surface area contributed by atoms with Crippen LogP contribution in [0.4, 0.5) is 0 Å². The SMILES string of the molecule is CCCCCCCCCCN(CCCCCCCCCC)CCc1cccc2n[nH]nc12. The van der Waals surface area contributed by atoms with Crippen molar-refractivity contribution < 1.29 is 0 Å². The molecule has 0 amide bonds. The Labute approximate surface area is 197 Å². The molecule has 4 heteroatoms. The summed E-state index contributed by atoms with van der Waals surface area (Å²) in [6.45, 7) is 8.23. The van der Waals surface area contributed by atoms with E-state index in [2.05, 4.69) is 46.3 Å². The van der Waals surface area contributed by atoms with E-state index in [1.165, 1.54) is 121 Å². The maximum absolute atomic E-state index is 4.38. The van der Waals surface area contributed by atoms with Gasteiger partial charge in [0.25, 0.3) is 0 Å². The Morgan fingerprint density at radius 3 is 1.72 bits per heavy atom. The van der Waals surface area contributed by atoms with Crippen molar-refractivity contribution in [1.29, 1.82) is 0 Å². The van der Waals surface area contributed by atoms with Crippen molar-refractivity contribution in [3.05, 3.63) is 23.8 Å². The van der Waals surface area contributed by atoms with Gasteiger partial charge >= 0.3 is 0 Å². The zero-order valence-corrected chi connectivity index (χ0v) is 21.2. The van der Waals surface area contributed by atoms with E-state index in [-0.39, 0.29) is 0 Å². The Hall–Kier alpha value is -1.42. The number of rotatable bonds is 21. The van der Waals surface area contributed by atoms with Crippen LogP contribution in [0.1, 0.15) is 122 Å². The molecule has 0 saturated heterocycles. The average Bonchev–Trinajstić information content (AvgIpc) is 3.30. The molecule has 4 nitrogen and oxygen atoms in total. The third-order valence-electron chi connectivity index (χ3n) is 6.78. The fourth-order valence-corrected chi connectivity index (χ4v) is 4.68. The van der Waals surface area contributed by atoms with Crippen molar-refractivity contribution in [2.75, 3.05) is 19.6 Å². The molecule has 0 saturated carbocycles.